The van der Waals surface area contributed by atoms with E-state index < -0.39 is 56.7 Å². The van der Waals surface area contributed by atoms with Gasteiger partial charge in [-0.2, -0.15) is 5.26 Å². The van der Waals surface area contributed by atoms with Gasteiger partial charge in [-0.05, 0) is 312 Å². The van der Waals surface area contributed by atoms with Crippen molar-refractivity contribution >= 4 is 96.1 Å². The SMILES string of the molecule is CCC(C)(C)C(=O)OCCCCCCOc1ccc(-c2ccc(OCCOC(=O)/C=C/c3ccccc3)cc2)cc1.CCC(C)(C)C(=O)OCCOC(=O)/C=C/c1ccc(-c2ccc(C#N)cc2)cc1.CCC(C)(C)C(=O)OCCOc1ccc(/C=C/C(=O)OC)cc1.CCC(C)(C)C(=O)Oc1ccc(/C=C/C(=O)OC)cc1.CCC(C)(C)OC(=O)/C=C/c1ccc(OC)cc1.CCC(C)(C)OC(=O)/C=C/c1ccccc1. The molecular weight excluding hydrogens is 1860 g/mol. The first-order valence-corrected chi connectivity index (χ1v) is 49.4. The van der Waals surface area contributed by atoms with Crippen molar-refractivity contribution in [2.45, 2.75) is 200 Å². The number of hydrogen-bond acceptors (Lipinski definition) is 25. The highest BCUT2D eigenvalue weighted by atomic mass is 16.6. The Hall–Kier alpha value is -15.2. The van der Waals surface area contributed by atoms with Crippen molar-refractivity contribution in [3.8, 4) is 57.1 Å². The van der Waals surface area contributed by atoms with Crippen LogP contribution < -0.4 is 23.7 Å². The van der Waals surface area contributed by atoms with Crippen LogP contribution in [0.4, 0.5) is 0 Å². The lowest BCUT2D eigenvalue weighted by Crippen LogP contribution is -2.28. The summed E-state index contributed by atoms with van der Waals surface area (Å²) in [6.07, 6.45) is 26.9. The van der Waals surface area contributed by atoms with Crippen LogP contribution in [-0.4, -0.2) is 145 Å². The van der Waals surface area contributed by atoms with Gasteiger partial charge < -0.3 is 66.3 Å². The number of hydrogen-bond donors (Lipinski definition) is 0. The highest BCUT2D eigenvalue weighted by molar-refractivity contribution is 5.91. The second kappa shape index (κ2) is 66.7. The molecule has 786 valence electrons. The third kappa shape index (κ3) is 51.7. The maximum atomic E-state index is 12.0. The highest BCUT2D eigenvalue weighted by Crippen LogP contribution is 2.30. The number of carbonyl (C=O) groups is 10. The van der Waals surface area contributed by atoms with Crippen molar-refractivity contribution in [2.24, 2.45) is 21.7 Å². The molecule has 0 N–H and O–H groups in total. The Morgan fingerprint density at radius 3 is 0.850 bits per heavy atom. The molecule has 0 aromatic heterocycles. The molecule has 0 aliphatic heterocycles. The van der Waals surface area contributed by atoms with E-state index in [-0.39, 0.29) is 68.9 Å². The van der Waals surface area contributed by atoms with Gasteiger partial charge in [0.1, 0.15) is 79.6 Å². The van der Waals surface area contributed by atoms with Crippen LogP contribution in [0.5, 0.6) is 28.7 Å². The average molecular weight is 2010 g/mol. The summed E-state index contributed by atoms with van der Waals surface area (Å²) in [5.41, 5.74) is 7.52. The lowest BCUT2D eigenvalue weighted by atomic mass is 9.91. The zero-order valence-electron chi connectivity index (χ0n) is 89.3. The topological polar surface area (TPSA) is 324 Å². The third-order valence-corrected chi connectivity index (χ3v) is 23.3. The molecule has 0 fully saturated rings. The predicted octanol–water partition coefficient (Wildman–Crippen LogP) is 26.0. The van der Waals surface area contributed by atoms with Crippen LogP contribution in [0.2, 0.25) is 0 Å². The van der Waals surface area contributed by atoms with E-state index in [0.717, 1.165) is 119 Å². The van der Waals surface area contributed by atoms with Crippen LogP contribution >= 0.6 is 0 Å². The van der Waals surface area contributed by atoms with Gasteiger partial charge in [0.15, 0.2) is 0 Å². The minimum atomic E-state index is -0.534. The van der Waals surface area contributed by atoms with Gasteiger partial charge >= 0.3 is 59.7 Å². The lowest BCUT2D eigenvalue weighted by molar-refractivity contribution is -0.158. The van der Waals surface area contributed by atoms with E-state index in [1.807, 2.05) is 307 Å². The first-order valence-electron chi connectivity index (χ1n) is 49.4. The summed E-state index contributed by atoms with van der Waals surface area (Å²) < 4.78 is 73.0. The smallest absolute Gasteiger partial charge is 0.331 e. The maximum Gasteiger partial charge on any atom is 0.331 e. The number of methoxy groups -OCH3 is 3. The van der Waals surface area contributed by atoms with E-state index in [9.17, 15) is 47.9 Å². The Bertz CT molecular complexity index is 5700. The zero-order valence-corrected chi connectivity index (χ0v) is 89.3. The number of nitriles is 1. The number of unbranched alkanes of at least 4 members (excludes halogenated alkanes) is 3. The number of benzene rings is 9. The normalized spacial score (nSPS) is 11.3. The van der Waals surface area contributed by atoms with E-state index >= 15 is 0 Å². The largest absolute Gasteiger partial charge is 0.497 e. The zero-order chi connectivity index (χ0) is 109. The Morgan fingerprint density at radius 2 is 0.517 bits per heavy atom. The van der Waals surface area contributed by atoms with Crippen molar-refractivity contribution in [2.75, 3.05) is 74.2 Å². The summed E-state index contributed by atoms with van der Waals surface area (Å²) in [7, 11) is 4.28. The van der Waals surface area contributed by atoms with Gasteiger partial charge in [0.25, 0.3) is 0 Å². The van der Waals surface area contributed by atoms with Crippen molar-refractivity contribution in [1.29, 1.82) is 5.26 Å². The van der Waals surface area contributed by atoms with Crippen LogP contribution in [0, 0.1) is 33.0 Å². The summed E-state index contributed by atoms with van der Waals surface area (Å²) >= 11 is 0. The molecule has 9 aromatic rings. The summed E-state index contributed by atoms with van der Waals surface area (Å²) in [4.78, 5) is 116. The molecule has 25 heteroatoms. The van der Waals surface area contributed by atoms with E-state index in [1.54, 1.807) is 92.1 Å². The van der Waals surface area contributed by atoms with E-state index in [4.69, 9.17) is 62.1 Å². The number of nitrogens with zero attached hydrogens (tertiary/aromatic N) is 1. The predicted molar refractivity (Wildman–Crippen MR) is 578 cm³/mol. The summed E-state index contributed by atoms with van der Waals surface area (Å²) in [6.45, 7) is 36.5. The van der Waals surface area contributed by atoms with Crippen LogP contribution in [-0.2, 0) is 90.6 Å². The van der Waals surface area contributed by atoms with E-state index in [1.165, 1.54) is 50.7 Å². The number of esters is 10. The minimum Gasteiger partial charge on any atom is -0.497 e. The van der Waals surface area contributed by atoms with Crippen molar-refractivity contribution in [3.63, 3.8) is 0 Å². The summed E-state index contributed by atoms with van der Waals surface area (Å²) in [5.74, 6) is 0.321. The summed E-state index contributed by atoms with van der Waals surface area (Å²) in [5, 5.41) is 8.86. The van der Waals surface area contributed by atoms with Gasteiger partial charge in [0.05, 0.1) is 67.8 Å². The quantitative estimate of drug-likeness (QED) is 0.0112. The second-order valence-corrected chi connectivity index (χ2v) is 37.2. The van der Waals surface area contributed by atoms with Crippen molar-refractivity contribution < 1.29 is 114 Å². The highest BCUT2D eigenvalue weighted by Gasteiger charge is 2.31. The number of carbonyl (C=O) groups excluding carboxylic acids is 10. The van der Waals surface area contributed by atoms with Crippen LogP contribution in [0.25, 0.3) is 58.7 Å². The van der Waals surface area contributed by atoms with Gasteiger partial charge in [0, 0.05) is 36.5 Å². The lowest BCUT2D eigenvalue weighted by Gasteiger charge is -2.22. The van der Waals surface area contributed by atoms with Gasteiger partial charge in [-0.1, -0.05) is 199 Å². The average Bonchev–Trinajstić information content (AvgIpc) is 0.852. The fourth-order valence-corrected chi connectivity index (χ4v) is 11.3. The first kappa shape index (κ1) is 124. The van der Waals surface area contributed by atoms with Crippen LogP contribution in [0.15, 0.2) is 267 Å². The third-order valence-electron chi connectivity index (χ3n) is 23.3. The molecular formula is C122H149NO24. The molecule has 0 amide bonds. The molecule has 0 aliphatic carbocycles. The first-order chi connectivity index (χ1) is 70.0. The second-order valence-electron chi connectivity index (χ2n) is 37.2. The molecule has 0 atom stereocenters. The molecule has 0 saturated carbocycles. The Morgan fingerprint density at radius 1 is 0.259 bits per heavy atom. The molecule has 0 heterocycles. The van der Waals surface area contributed by atoms with Crippen LogP contribution in [0.3, 0.4) is 0 Å². The Balaban J connectivity index is 0.000000379. The van der Waals surface area contributed by atoms with Gasteiger partial charge in [0.2, 0.25) is 0 Å². The van der Waals surface area contributed by atoms with Gasteiger partial charge in [-0.15, -0.1) is 0 Å². The molecule has 0 radical (unpaired) electrons. The molecule has 0 saturated heterocycles. The molecule has 25 nitrogen and oxygen atoms in total. The Labute approximate surface area is 869 Å². The molecule has 9 rings (SSSR count). The standard InChI is InChI=1S/C35H42O6.C24H25NO4.C18H24O5.C16H20O4.C15H20O3.C14H18O2/c1-4-35(2,3)34(37)41-25-11-6-5-10-24-38-31-19-15-29(16-20-31)30-17-21-32(22-18-30)39-26-27-40-33(36)23-14-28-12-8-7-9-13-28;1-4-24(2,3)23(27)29-16-15-28-22(26)14-9-18-5-10-20(11-6-18)21-12-7-19(17-25)8-13-21;1-5-18(2,3)17(20)23-13-12-22-15-9-6-14(7-10-15)8-11-16(19)21-4;1-5-16(2,3)15(18)20-13-9-6-12(7-10-13)8-11-14(17)19-4;1-5-15(2,3)18-14(16)11-8-12-6-9-13(17-4)10-7-12;1-4-14(2,3)16-13(15)11-10-12-8-6-5-7-9-12/h7-9,12-23H,4-6,10-11,24-27H2,1-3H3;5-14H,4,15-16H2,1-3H3;6-11H,5,12-13H2,1-4H3;6-11H,5H2,1-4H3;6-11H,5H2,1-4H3;5-11H,4H2,1-3H3/b23-14+;14-9+;3*11-8+;11-10+. The van der Waals surface area contributed by atoms with Crippen molar-refractivity contribution in [3.05, 3.63) is 306 Å². The molecule has 0 unspecified atom stereocenters. The Kier molecular flexibility index (Phi) is 56.3. The molecule has 9 aromatic carbocycles. The van der Waals surface area contributed by atoms with E-state index in [2.05, 4.69) is 15.5 Å². The fraction of sp³-hybridized carbons (Fsp3) is 0.369. The van der Waals surface area contributed by atoms with Gasteiger partial charge in [-0.3, -0.25) is 19.2 Å². The maximum absolute atomic E-state index is 12.0. The van der Waals surface area contributed by atoms with Gasteiger partial charge in [-0.25, -0.2) is 28.8 Å². The van der Waals surface area contributed by atoms with Crippen LogP contribution in [0.1, 0.15) is 228 Å². The number of rotatable bonds is 47. The molecule has 0 bridgehead atoms. The molecule has 0 spiro atoms. The fourth-order valence-electron chi connectivity index (χ4n) is 11.3. The molecule has 0 aliphatic rings. The molecule has 147 heavy (non-hydrogen) atoms. The number of ether oxygens (including phenoxy) is 14. The minimum absolute atomic E-state index is 0.0202. The monoisotopic (exact) mass is 2010 g/mol. The summed E-state index contributed by atoms with van der Waals surface area (Å²) in [6, 6.07) is 73.9. The van der Waals surface area contributed by atoms with Crippen molar-refractivity contribution in [1.82, 2.24) is 0 Å². The van der Waals surface area contributed by atoms with E-state index in [0.29, 0.717) is 55.5 Å².